The molecule has 1 aromatic rings. The van der Waals surface area contributed by atoms with Crippen LogP contribution in [0.25, 0.3) is 0 Å². The monoisotopic (exact) mass is 282 g/mol. The molecule has 20 heavy (non-hydrogen) atoms. The topological polar surface area (TPSA) is 109 Å². The first-order valence-electron chi connectivity index (χ1n) is 6.22. The first-order chi connectivity index (χ1) is 9.40. The van der Waals surface area contributed by atoms with Crippen LogP contribution in [-0.4, -0.2) is 35.5 Å². The van der Waals surface area contributed by atoms with Gasteiger partial charge in [0.2, 0.25) is 5.91 Å². The lowest BCUT2D eigenvalue weighted by atomic mass is 10.0. The Kier molecular flexibility index (Phi) is 5.76. The largest absolute Gasteiger partial charge is 0.480 e. The minimum absolute atomic E-state index is 0.136. The van der Waals surface area contributed by atoms with Gasteiger partial charge in [0.1, 0.15) is 12.3 Å². The lowest BCUT2D eigenvalue weighted by Crippen LogP contribution is -2.46. The van der Waals surface area contributed by atoms with Gasteiger partial charge in [0.05, 0.1) is 18.4 Å². The number of carboxylic acid groups (broad SMARTS) is 1. The Balaban J connectivity index is 2.42. The maximum atomic E-state index is 11.6. The minimum atomic E-state index is -1.09. The highest BCUT2D eigenvalue weighted by Crippen LogP contribution is 2.04. The van der Waals surface area contributed by atoms with Crippen molar-refractivity contribution in [3.63, 3.8) is 0 Å². The van der Waals surface area contributed by atoms with Crippen LogP contribution in [0.15, 0.2) is 23.0 Å². The third kappa shape index (κ3) is 5.13. The van der Waals surface area contributed by atoms with Gasteiger partial charge in [-0.15, -0.1) is 0 Å². The number of carboxylic acids is 1. The molecule has 0 aliphatic heterocycles. The van der Waals surface area contributed by atoms with Gasteiger partial charge < -0.3 is 20.2 Å². The second kappa shape index (κ2) is 7.32. The summed E-state index contributed by atoms with van der Waals surface area (Å²) in [5.74, 6) is -1.95. The van der Waals surface area contributed by atoms with E-state index < -0.39 is 23.8 Å². The fourth-order valence-corrected chi connectivity index (χ4v) is 1.59. The Hall–Kier alpha value is -2.31. The Bertz CT molecular complexity index is 467. The zero-order chi connectivity index (χ0) is 15.1. The summed E-state index contributed by atoms with van der Waals surface area (Å²) in [6.45, 7) is 3.44. The van der Waals surface area contributed by atoms with E-state index in [4.69, 9.17) is 9.52 Å². The van der Waals surface area contributed by atoms with E-state index >= 15 is 0 Å². The third-order valence-electron chi connectivity index (χ3n) is 2.53. The molecule has 0 fully saturated rings. The number of rotatable bonds is 7. The summed E-state index contributed by atoms with van der Waals surface area (Å²) in [5, 5.41) is 13.7. The van der Waals surface area contributed by atoms with Crippen LogP contribution >= 0.6 is 0 Å². The number of carbonyl (C=O) groups is 3. The van der Waals surface area contributed by atoms with E-state index in [1.165, 1.54) is 18.6 Å². The van der Waals surface area contributed by atoms with Gasteiger partial charge in [0.15, 0.2) is 0 Å². The van der Waals surface area contributed by atoms with Gasteiger partial charge in [-0.2, -0.15) is 0 Å². The number of aliphatic carboxylic acids is 1. The molecule has 1 rings (SSSR count). The number of furan rings is 1. The smallest absolute Gasteiger partial charge is 0.326 e. The fraction of sp³-hybridized carbons (Fsp3) is 0.462. The number of amides is 2. The summed E-state index contributed by atoms with van der Waals surface area (Å²) in [4.78, 5) is 34.1. The number of nitrogens with one attached hydrogen (secondary N) is 2. The summed E-state index contributed by atoms with van der Waals surface area (Å²) < 4.78 is 4.74. The van der Waals surface area contributed by atoms with Crippen LogP contribution < -0.4 is 10.6 Å². The van der Waals surface area contributed by atoms with E-state index in [1.807, 2.05) is 13.8 Å². The van der Waals surface area contributed by atoms with Crippen molar-refractivity contribution in [2.45, 2.75) is 26.3 Å². The van der Waals surface area contributed by atoms with Crippen LogP contribution in [0.2, 0.25) is 0 Å². The molecule has 0 aromatic carbocycles. The molecule has 0 aliphatic rings. The third-order valence-corrected chi connectivity index (χ3v) is 2.53. The minimum Gasteiger partial charge on any atom is -0.480 e. The number of hydrogen-bond acceptors (Lipinski definition) is 4. The molecule has 2 amide bonds. The zero-order valence-corrected chi connectivity index (χ0v) is 11.4. The van der Waals surface area contributed by atoms with Crippen molar-refractivity contribution in [2.75, 3.05) is 6.54 Å². The summed E-state index contributed by atoms with van der Waals surface area (Å²) in [6, 6.07) is 0.514. The van der Waals surface area contributed by atoms with Crippen LogP contribution in [0.3, 0.4) is 0 Å². The Morgan fingerprint density at radius 2 is 2.05 bits per heavy atom. The molecule has 1 atom stereocenters. The second-order valence-electron chi connectivity index (χ2n) is 4.78. The van der Waals surface area contributed by atoms with Crippen molar-refractivity contribution < 1.29 is 23.9 Å². The van der Waals surface area contributed by atoms with Crippen LogP contribution in [0.4, 0.5) is 0 Å². The molecule has 3 N–H and O–H groups in total. The van der Waals surface area contributed by atoms with Crippen LogP contribution in [-0.2, 0) is 9.59 Å². The van der Waals surface area contributed by atoms with Gasteiger partial charge in [-0.3, -0.25) is 9.59 Å². The zero-order valence-electron chi connectivity index (χ0n) is 11.4. The first kappa shape index (κ1) is 15.7. The van der Waals surface area contributed by atoms with Gasteiger partial charge in [-0.05, 0) is 18.4 Å². The number of carbonyl (C=O) groups excluding carboxylic acids is 2. The molecule has 0 radical (unpaired) electrons. The Morgan fingerprint density at radius 3 is 2.55 bits per heavy atom. The predicted octanol–water partition coefficient (Wildman–Crippen LogP) is 0.625. The number of hydrogen-bond donors (Lipinski definition) is 3. The highest BCUT2D eigenvalue weighted by atomic mass is 16.4. The molecule has 0 saturated heterocycles. The van der Waals surface area contributed by atoms with E-state index in [1.54, 1.807) is 0 Å². The molecular formula is C13H18N2O5. The normalized spacial score (nSPS) is 11.9. The van der Waals surface area contributed by atoms with Gasteiger partial charge >= 0.3 is 5.97 Å². The SMILES string of the molecule is CC(C)C[C@H](NC(=O)CNC(=O)c1ccoc1)C(=O)O. The Labute approximate surface area is 116 Å². The van der Waals surface area contributed by atoms with Crippen molar-refractivity contribution in [1.29, 1.82) is 0 Å². The summed E-state index contributed by atoms with van der Waals surface area (Å²) in [6.07, 6.45) is 2.93. The van der Waals surface area contributed by atoms with E-state index in [9.17, 15) is 14.4 Å². The fourth-order valence-electron chi connectivity index (χ4n) is 1.59. The summed E-state index contributed by atoms with van der Waals surface area (Å²) in [7, 11) is 0. The average Bonchev–Trinajstić information content (AvgIpc) is 2.88. The van der Waals surface area contributed by atoms with Crippen molar-refractivity contribution in [2.24, 2.45) is 5.92 Å². The highest BCUT2D eigenvalue weighted by molar-refractivity contribution is 5.96. The van der Waals surface area contributed by atoms with E-state index in [2.05, 4.69) is 10.6 Å². The average molecular weight is 282 g/mol. The maximum Gasteiger partial charge on any atom is 0.326 e. The van der Waals surface area contributed by atoms with Crippen molar-refractivity contribution in [3.8, 4) is 0 Å². The molecule has 0 saturated carbocycles. The van der Waals surface area contributed by atoms with Gasteiger partial charge in [0.25, 0.3) is 5.91 Å². The molecule has 0 bridgehead atoms. The van der Waals surface area contributed by atoms with E-state index in [0.717, 1.165) is 0 Å². The van der Waals surface area contributed by atoms with E-state index in [-0.39, 0.29) is 12.5 Å². The molecule has 7 nitrogen and oxygen atoms in total. The van der Waals surface area contributed by atoms with Crippen molar-refractivity contribution >= 4 is 17.8 Å². The summed E-state index contributed by atoms with van der Waals surface area (Å²) in [5.41, 5.74) is 0.301. The molecular weight excluding hydrogens is 264 g/mol. The molecule has 0 aliphatic carbocycles. The van der Waals surface area contributed by atoms with Crippen LogP contribution in [0, 0.1) is 5.92 Å². The van der Waals surface area contributed by atoms with Crippen molar-refractivity contribution in [1.82, 2.24) is 10.6 Å². The lowest BCUT2D eigenvalue weighted by Gasteiger charge is -2.16. The molecule has 0 unspecified atom stereocenters. The second-order valence-corrected chi connectivity index (χ2v) is 4.78. The van der Waals surface area contributed by atoms with Gasteiger partial charge in [-0.25, -0.2) is 4.79 Å². The van der Waals surface area contributed by atoms with Crippen molar-refractivity contribution in [3.05, 3.63) is 24.2 Å². The molecule has 1 heterocycles. The molecule has 0 spiro atoms. The van der Waals surface area contributed by atoms with E-state index in [0.29, 0.717) is 12.0 Å². The Morgan fingerprint density at radius 1 is 1.35 bits per heavy atom. The molecule has 110 valence electrons. The molecule has 7 heteroatoms. The van der Waals surface area contributed by atoms with Crippen LogP contribution in [0.1, 0.15) is 30.6 Å². The maximum absolute atomic E-state index is 11.6. The quantitative estimate of drug-likeness (QED) is 0.679. The van der Waals surface area contributed by atoms with Gasteiger partial charge in [0, 0.05) is 0 Å². The highest BCUT2D eigenvalue weighted by Gasteiger charge is 2.21. The van der Waals surface area contributed by atoms with Crippen LogP contribution in [0.5, 0.6) is 0 Å². The molecule has 1 aromatic heterocycles. The van der Waals surface area contributed by atoms with Gasteiger partial charge in [-0.1, -0.05) is 13.8 Å². The standard InChI is InChI=1S/C13H18N2O5/c1-8(2)5-10(13(18)19)15-11(16)6-14-12(17)9-3-4-20-7-9/h3-4,7-8,10H,5-6H2,1-2H3,(H,14,17)(H,15,16)(H,18,19)/t10-/m0/s1. The lowest BCUT2D eigenvalue weighted by molar-refractivity contribution is -0.142. The summed E-state index contributed by atoms with van der Waals surface area (Å²) >= 11 is 0. The first-order valence-corrected chi connectivity index (χ1v) is 6.22. The predicted molar refractivity (Wildman–Crippen MR) is 70.1 cm³/mol.